The van der Waals surface area contributed by atoms with Gasteiger partial charge in [-0.3, -0.25) is 9.59 Å². The highest BCUT2D eigenvalue weighted by atomic mass is 127. The number of carbonyl (C=O) groups is 2. The number of hydrogen-bond donors (Lipinski definition) is 0. The molecule has 0 aliphatic heterocycles. The predicted molar refractivity (Wildman–Crippen MR) is 215 cm³/mol. The predicted octanol–water partition coefficient (Wildman–Crippen LogP) is 8.25. The summed E-state index contributed by atoms with van der Waals surface area (Å²) >= 11 is 2.74. The largest absolute Gasteiger partial charge is 0.381 e. The van der Waals surface area contributed by atoms with E-state index >= 15 is 35.1 Å². The lowest BCUT2D eigenvalue weighted by atomic mass is 9.12. The van der Waals surface area contributed by atoms with Crippen molar-refractivity contribution >= 4 is 62.2 Å². The number of halogens is 21. The maximum Gasteiger partial charge on any atom is 0.381 e. The van der Waals surface area contributed by atoms with Gasteiger partial charge in [0.15, 0.2) is 69.8 Å². The van der Waals surface area contributed by atoms with E-state index in [1.54, 1.807) is 22.7 Å². The molecule has 0 saturated heterocycles. The number of thiophene rings is 2. The third-order valence-electron chi connectivity index (χ3n) is 10.6. The molecule has 0 saturated carbocycles. The van der Waals surface area contributed by atoms with E-state index in [-0.39, 0.29) is 32.8 Å². The lowest BCUT2D eigenvalue weighted by Crippen LogP contribution is -3.61. The summed E-state index contributed by atoms with van der Waals surface area (Å²) in [6.07, 6.45) is -7.22. The van der Waals surface area contributed by atoms with Crippen LogP contribution < -0.4 is 43.1 Å². The highest BCUT2D eigenvalue weighted by Gasteiger charge is 2.52. The first-order valence-electron chi connectivity index (χ1n) is 19.2. The van der Waals surface area contributed by atoms with Gasteiger partial charge in [-0.05, 0) is 12.1 Å². The smallest absolute Gasteiger partial charge is 0.288 e. The van der Waals surface area contributed by atoms with Gasteiger partial charge >= 0.3 is 21.2 Å². The SMILES string of the molecule is Fc1c(F)c(F)c([B-](c2c(F)c(F)c(F)c(F)c2F)(c2c(F)c(F)c(F)c(F)c2F)c2c(F)c(F)c(F)c(F)c2F)c(F)c1F.O=C(c1ccccc1)c1ccc([I+]c2ccc(C(=O)c3ccccc3)s2)s1. The van der Waals surface area contributed by atoms with Crippen molar-refractivity contribution in [2.75, 3.05) is 0 Å². The van der Waals surface area contributed by atoms with Crippen molar-refractivity contribution in [3.05, 3.63) is 228 Å². The summed E-state index contributed by atoms with van der Waals surface area (Å²) < 4.78 is 296. The van der Waals surface area contributed by atoms with Gasteiger partial charge in [0.2, 0.25) is 17.3 Å². The molecule has 0 amide bonds. The van der Waals surface area contributed by atoms with Crippen molar-refractivity contribution in [3.8, 4) is 0 Å². The van der Waals surface area contributed by atoms with Crippen molar-refractivity contribution in [1.82, 2.24) is 0 Å². The first-order chi connectivity index (χ1) is 33.9. The third-order valence-corrected chi connectivity index (χ3v) is 16.4. The van der Waals surface area contributed by atoms with Gasteiger partial charge in [-0.25, -0.2) is 87.8 Å². The van der Waals surface area contributed by atoms with E-state index in [0.717, 1.165) is 20.9 Å². The van der Waals surface area contributed by atoms with E-state index in [4.69, 9.17) is 0 Å². The van der Waals surface area contributed by atoms with Crippen molar-refractivity contribution in [3.63, 3.8) is 0 Å². The molecule has 0 atom stereocenters. The summed E-state index contributed by atoms with van der Waals surface area (Å²) in [5, 5.41) is 0. The first kappa shape index (κ1) is 53.3. The van der Waals surface area contributed by atoms with Crippen LogP contribution >= 0.6 is 22.7 Å². The minimum Gasteiger partial charge on any atom is -0.288 e. The van der Waals surface area contributed by atoms with E-state index in [0.29, 0.717) is 0 Å². The second-order valence-electron chi connectivity index (χ2n) is 14.5. The average molecular weight is 1180 g/mol. The van der Waals surface area contributed by atoms with Crippen molar-refractivity contribution in [2.45, 2.75) is 0 Å². The van der Waals surface area contributed by atoms with E-state index in [1.807, 2.05) is 84.9 Å². The van der Waals surface area contributed by atoms with Crippen molar-refractivity contribution in [1.29, 1.82) is 0 Å². The number of ketones is 2. The molecule has 2 heterocycles. The van der Waals surface area contributed by atoms with E-state index in [2.05, 4.69) is 0 Å². The van der Waals surface area contributed by atoms with Crippen LogP contribution in [-0.4, -0.2) is 17.7 Å². The van der Waals surface area contributed by atoms with Crippen LogP contribution in [0.2, 0.25) is 0 Å². The molecule has 0 aliphatic rings. The zero-order chi connectivity index (χ0) is 53.0. The fourth-order valence-electron chi connectivity index (χ4n) is 7.40. The molecule has 372 valence electrons. The second-order valence-corrected chi connectivity index (χ2v) is 21.0. The Balaban J connectivity index is 0.000000238. The summed E-state index contributed by atoms with van der Waals surface area (Å²) in [7, 11) is 0. The molecule has 8 aromatic rings. The van der Waals surface area contributed by atoms with E-state index < -0.39 is 144 Å². The molecule has 2 aromatic heterocycles. The Kier molecular flexibility index (Phi) is 15.2. The molecular weight excluding hydrogens is 1170 g/mol. The molecule has 0 radical (unpaired) electrons. The maximum atomic E-state index is 15.4. The van der Waals surface area contributed by atoms with E-state index in [9.17, 15) is 62.3 Å². The van der Waals surface area contributed by atoms with Crippen molar-refractivity contribution in [2.24, 2.45) is 0 Å². The Labute approximate surface area is 407 Å². The normalized spacial score (nSPS) is 11.5. The molecule has 0 aliphatic carbocycles. The van der Waals surface area contributed by atoms with Crippen LogP contribution in [0.1, 0.15) is 30.5 Å². The van der Waals surface area contributed by atoms with Crippen LogP contribution in [0.3, 0.4) is 0 Å². The zero-order valence-corrected chi connectivity index (χ0v) is 38.0. The van der Waals surface area contributed by atoms with Gasteiger partial charge in [0.25, 0.3) is 0 Å². The van der Waals surface area contributed by atoms with E-state index in [1.165, 1.54) is 5.77 Å². The van der Waals surface area contributed by atoms with Crippen LogP contribution in [0.4, 0.5) is 87.8 Å². The molecule has 2 nitrogen and oxygen atoms in total. The van der Waals surface area contributed by atoms with Gasteiger partial charge in [0.1, 0.15) is 52.7 Å². The van der Waals surface area contributed by atoms with Crippen LogP contribution in [-0.2, 0) is 0 Å². The fraction of sp³-hybridized carbons (Fsp3) is 0. The molecule has 0 unspecified atom stereocenters. The van der Waals surface area contributed by atoms with Gasteiger partial charge in [-0.15, -0.1) is 21.9 Å². The molecule has 0 bridgehead atoms. The summed E-state index contributed by atoms with van der Waals surface area (Å²) in [4.78, 5) is 26.6. The molecule has 0 N–H and O–H groups in total. The Morgan fingerprint density at radius 3 is 0.722 bits per heavy atom. The molecule has 72 heavy (non-hydrogen) atoms. The third kappa shape index (κ3) is 8.83. The first-order valence-corrected chi connectivity index (χ1v) is 23.0. The monoisotopic (exact) mass is 1180 g/mol. The topological polar surface area (TPSA) is 34.1 Å². The number of benzene rings is 6. The van der Waals surface area contributed by atoms with Crippen LogP contribution in [0, 0.1) is 122 Å². The Bertz CT molecular complexity index is 3030. The number of rotatable bonds is 10. The zero-order valence-electron chi connectivity index (χ0n) is 34.2. The number of carbonyl (C=O) groups excluding carboxylic acids is 2. The molecular formula is C46H14BF20IO2S2. The maximum absolute atomic E-state index is 15.4. The lowest BCUT2D eigenvalue weighted by Gasteiger charge is -2.44. The standard InChI is InChI=1S/C24BF20.C22H14IO2S2/c26-5-1(6(27)14(35)21(42)13(5)34)25(2-7(28)15(36)22(43)16(37)8(2)29,3-9(30)17(38)23(44)18(39)10(3)31)4-11(32)19(40)24(45)20(41)12(4)33;24-21(15-7-3-1-4-8-15)17-11-13-19(26-17)23-20-14-12-18(27-20)22(25)16-9-5-2-6-10-16/h;1-14H/q-1;+1. The van der Waals surface area contributed by atoms with Crippen LogP contribution in [0.25, 0.3) is 0 Å². The Morgan fingerprint density at radius 1 is 0.292 bits per heavy atom. The fourth-order valence-corrected chi connectivity index (χ4v) is 13.6. The van der Waals surface area contributed by atoms with Gasteiger partial charge in [-0.1, -0.05) is 83.3 Å². The van der Waals surface area contributed by atoms with Crippen LogP contribution in [0.5, 0.6) is 0 Å². The summed E-state index contributed by atoms with van der Waals surface area (Å²) in [5.41, 5.74) is -12.9. The van der Waals surface area contributed by atoms with Crippen molar-refractivity contribution < 1.29 is 119 Å². The van der Waals surface area contributed by atoms with Gasteiger partial charge < -0.3 is 0 Å². The minimum absolute atomic E-state index is 0.0713. The Hall–Kier alpha value is -6.55. The van der Waals surface area contributed by atoms with Gasteiger partial charge in [-0.2, -0.15) is 0 Å². The van der Waals surface area contributed by atoms with Gasteiger partial charge in [0.05, 0.1) is 9.75 Å². The highest BCUT2D eigenvalue weighted by Crippen LogP contribution is 2.31. The molecule has 8 rings (SSSR count). The lowest BCUT2D eigenvalue weighted by molar-refractivity contribution is -0.585. The molecule has 0 fully saturated rings. The second kappa shape index (κ2) is 20.5. The quantitative estimate of drug-likeness (QED) is 0.0346. The van der Waals surface area contributed by atoms with Crippen LogP contribution in [0.15, 0.2) is 84.9 Å². The summed E-state index contributed by atoms with van der Waals surface area (Å²) in [6, 6.07) is 26.6. The molecule has 0 spiro atoms. The average Bonchev–Trinajstić information content (AvgIpc) is 4.06. The Morgan fingerprint density at radius 2 is 0.500 bits per heavy atom. The summed E-state index contributed by atoms with van der Waals surface area (Å²) in [5.74, 6) is -71.3. The summed E-state index contributed by atoms with van der Waals surface area (Å²) in [6.45, 7) is 0. The highest BCUT2D eigenvalue weighted by molar-refractivity contribution is 7.20. The van der Waals surface area contributed by atoms with Gasteiger partial charge in [0, 0.05) is 23.3 Å². The number of hydrogen-bond acceptors (Lipinski definition) is 4. The molecule has 26 heteroatoms. The minimum atomic E-state index is -7.22. The molecule has 6 aromatic carbocycles.